The minimum absolute atomic E-state index is 0.0467. The lowest BCUT2D eigenvalue weighted by Crippen LogP contribution is -2.44. The molecule has 18 heavy (non-hydrogen) atoms. The van der Waals surface area contributed by atoms with Crippen LogP contribution in [0, 0.1) is 0 Å². The van der Waals surface area contributed by atoms with Crippen molar-refractivity contribution in [2.75, 3.05) is 25.5 Å². The van der Waals surface area contributed by atoms with E-state index in [2.05, 4.69) is 10.6 Å². The smallest absolute Gasteiger partial charge is 0.235 e. The highest BCUT2D eigenvalue weighted by molar-refractivity contribution is 6.33. The number of ether oxygens (including phenoxy) is 1. The van der Waals surface area contributed by atoms with Crippen LogP contribution in [0.4, 0.5) is 5.69 Å². The summed E-state index contributed by atoms with van der Waals surface area (Å²) in [7, 11) is 1.60. The third-order valence-electron chi connectivity index (χ3n) is 3.95. The number of hydrogen-bond acceptors (Lipinski definition) is 3. The third kappa shape index (κ3) is 1.45. The first-order valence-electron chi connectivity index (χ1n) is 6.08. The van der Waals surface area contributed by atoms with Crippen molar-refractivity contribution in [1.82, 2.24) is 5.32 Å². The van der Waals surface area contributed by atoms with Crippen molar-refractivity contribution in [1.29, 1.82) is 0 Å². The van der Waals surface area contributed by atoms with Gasteiger partial charge >= 0.3 is 0 Å². The van der Waals surface area contributed by atoms with Crippen LogP contribution < -0.4 is 15.4 Å². The molecule has 5 heteroatoms. The second-order valence-electron chi connectivity index (χ2n) is 4.79. The van der Waals surface area contributed by atoms with Crippen molar-refractivity contribution in [3.8, 4) is 5.75 Å². The van der Waals surface area contributed by atoms with Crippen LogP contribution in [-0.2, 0) is 10.2 Å². The van der Waals surface area contributed by atoms with E-state index < -0.39 is 5.41 Å². The van der Waals surface area contributed by atoms with E-state index in [9.17, 15) is 4.79 Å². The molecule has 0 unspecified atom stereocenters. The van der Waals surface area contributed by atoms with Crippen LogP contribution in [0.1, 0.15) is 18.4 Å². The van der Waals surface area contributed by atoms with Gasteiger partial charge in [0.25, 0.3) is 0 Å². The van der Waals surface area contributed by atoms with Crippen molar-refractivity contribution in [3.05, 3.63) is 22.7 Å². The van der Waals surface area contributed by atoms with E-state index in [1.807, 2.05) is 6.07 Å². The lowest BCUT2D eigenvalue weighted by Gasteiger charge is -2.32. The number of benzene rings is 1. The molecule has 2 N–H and O–H groups in total. The second kappa shape index (κ2) is 4.14. The SMILES string of the molecule is COc1ccc(Cl)c2c1NC(=O)C21CCNCC1. The zero-order valence-electron chi connectivity index (χ0n) is 10.2. The summed E-state index contributed by atoms with van der Waals surface area (Å²) >= 11 is 6.32. The fourth-order valence-corrected chi connectivity index (χ4v) is 3.34. The predicted molar refractivity (Wildman–Crippen MR) is 70.4 cm³/mol. The third-order valence-corrected chi connectivity index (χ3v) is 4.26. The molecule has 1 aromatic rings. The monoisotopic (exact) mass is 266 g/mol. The van der Waals surface area contributed by atoms with E-state index in [-0.39, 0.29) is 5.91 Å². The minimum Gasteiger partial charge on any atom is -0.495 e. The lowest BCUT2D eigenvalue weighted by molar-refractivity contribution is -0.121. The Morgan fingerprint density at radius 1 is 1.33 bits per heavy atom. The topological polar surface area (TPSA) is 50.4 Å². The highest BCUT2D eigenvalue weighted by Gasteiger charge is 2.49. The highest BCUT2D eigenvalue weighted by Crippen LogP contribution is 2.50. The molecule has 0 aromatic heterocycles. The zero-order chi connectivity index (χ0) is 12.8. The summed E-state index contributed by atoms with van der Waals surface area (Å²) in [6, 6.07) is 3.60. The van der Waals surface area contributed by atoms with Gasteiger partial charge in [-0.2, -0.15) is 0 Å². The van der Waals surface area contributed by atoms with Crippen molar-refractivity contribution in [2.45, 2.75) is 18.3 Å². The average Bonchev–Trinajstić information content (AvgIpc) is 2.66. The molecule has 0 atom stereocenters. The lowest BCUT2D eigenvalue weighted by atomic mass is 9.74. The Bertz CT molecular complexity index is 510. The van der Waals surface area contributed by atoms with Gasteiger partial charge in [-0.05, 0) is 38.1 Å². The van der Waals surface area contributed by atoms with Crippen LogP contribution in [0.3, 0.4) is 0 Å². The summed E-state index contributed by atoms with van der Waals surface area (Å²) in [4.78, 5) is 12.4. The van der Waals surface area contributed by atoms with Crippen molar-refractivity contribution >= 4 is 23.2 Å². The molecule has 1 amide bonds. The maximum Gasteiger partial charge on any atom is 0.235 e. The number of piperidine rings is 1. The molecule has 4 nitrogen and oxygen atoms in total. The van der Waals surface area contributed by atoms with E-state index in [0.717, 1.165) is 37.2 Å². The molecule has 3 rings (SSSR count). The molecule has 1 aromatic carbocycles. The average molecular weight is 267 g/mol. The summed E-state index contributed by atoms with van der Waals surface area (Å²) in [5.41, 5.74) is 1.18. The van der Waals surface area contributed by atoms with Gasteiger partial charge in [0.2, 0.25) is 5.91 Å². The highest BCUT2D eigenvalue weighted by atomic mass is 35.5. The first kappa shape index (κ1) is 11.8. The van der Waals surface area contributed by atoms with Crippen molar-refractivity contribution in [3.63, 3.8) is 0 Å². The van der Waals surface area contributed by atoms with E-state index in [1.165, 1.54) is 0 Å². The molecular weight excluding hydrogens is 252 g/mol. The Kier molecular flexibility index (Phi) is 2.72. The van der Waals surface area contributed by atoms with Gasteiger partial charge in [-0.15, -0.1) is 0 Å². The number of hydrogen-bond donors (Lipinski definition) is 2. The summed E-state index contributed by atoms with van der Waals surface area (Å²) in [5, 5.41) is 6.87. The normalized spacial score (nSPS) is 20.7. The minimum atomic E-state index is -0.480. The largest absolute Gasteiger partial charge is 0.495 e. The Hall–Kier alpha value is -1.26. The number of nitrogens with one attached hydrogen (secondary N) is 2. The van der Waals surface area contributed by atoms with E-state index in [4.69, 9.17) is 16.3 Å². The molecule has 0 aliphatic carbocycles. The first-order valence-corrected chi connectivity index (χ1v) is 6.46. The molecule has 2 heterocycles. The van der Waals surface area contributed by atoms with Gasteiger partial charge in [0, 0.05) is 10.6 Å². The van der Waals surface area contributed by atoms with Gasteiger partial charge in [0.1, 0.15) is 5.75 Å². The maximum absolute atomic E-state index is 12.4. The van der Waals surface area contributed by atoms with Crippen molar-refractivity contribution in [2.24, 2.45) is 0 Å². The van der Waals surface area contributed by atoms with Gasteiger partial charge in [-0.1, -0.05) is 11.6 Å². The predicted octanol–water partition coefficient (Wildman–Crippen LogP) is 1.92. The molecule has 0 radical (unpaired) electrons. The van der Waals surface area contributed by atoms with Crippen molar-refractivity contribution < 1.29 is 9.53 Å². The molecule has 96 valence electrons. The van der Waals surface area contributed by atoms with Crippen LogP contribution in [-0.4, -0.2) is 26.1 Å². The molecule has 2 aliphatic heterocycles. The Balaban J connectivity index is 2.19. The van der Waals surface area contributed by atoms with Gasteiger partial charge in [0.15, 0.2) is 0 Å². The Labute approximate surface area is 111 Å². The quantitative estimate of drug-likeness (QED) is 0.817. The van der Waals surface area contributed by atoms with E-state index in [0.29, 0.717) is 10.8 Å². The summed E-state index contributed by atoms with van der Waals surface area (Å²) in [6.07, 6.45) is 1.55. The van der Waals surface area contributed by atoms with Crippen LogP contribution >= 0.6 is 11.6 Å². The molecule has 1 spiro atoms. The summed E-state index contributed by atoms with van der Waals surface area (Å²) in [5.74, 6) is 0.726. The standard InChI is InChI=1S/C13H15ClN2O2/c1-18-9-3-2-8(14)10-11(9)16-12(17)13(10)4-6-15-7-5-13/h2-3,15H,4-7H2,1H3,(H,16,17). The van der Waals surface area contributed by atoms with Gasteiger partial charge in [-0.25, -0.2) is 0 Å². The molecule has 0 saturated carbocycles. The number of amides is 1. The Morgan fingerprint density at radius 3 is 2.72 bits per heavy atom. The molecule has 1 fully saturated rings. The van der Waals surface area contributed by atoms with Crippen LogP contribution in [0.5, 0.6) is 5.75 Å². The van der Waals surface area contributed by atoms with Gasteiger partial charge < -0.3 is 15.4 Å². The number of carbonyl (C=O) groups excluding carboxylic acids is 1. The summed E-state index contributed by atoms with van der Waals surface area (Å²) < 4.78 is 5.31. The van der Waals surface area contributed by atoms with Crippen LogP contribution in [0.25, 0.3) is 0 Å². The zero-order valence-corrected chi connectivity index (χ0v) is 10.9. The number of rotatable bonds is 1. The van der Waals surface area contributed by atoms with Crippen LogP contribution in [0.15, 0.2) is 12.1 Å². The van der Waals surface area contributed by atoms with Gasteiger partial charge in [0.05, 0.1) is 18.2 Å². The second-order valence-corrected chi connectivity index (χ2v) is 5.19. The molecule has 0 bridgehead atoms. The Morgan fingerprint density at radius 2 is 2.06 bits per heavy atom. The van der Waals surface area contributed by atoms with E-state index >= 15 is 0 Å². The maximum atomic E-state index is 12.4. The molecular formula is C13H15ClN2O2. The molecule has 2 aliphatic rings. The van der Waals surface area contributed by atoms with Crippen LogP contribution in [0.2, 0.25) is 5.02 Å². The molecule has 1 saturated heterocycles. The van der Waals surface area contributed by atoms with E-state index in [1.54, 1.807) is 13.2 Å². The number of carbonyl (C=O) groups is 1. The number of halogens is 1. The fraction of sp³-hybridized carbons (Fsp3) is 0.462. The number of fused-ring (bicyclic) bond motifs is 2. The first-order chi connectivity index (χ1) is 8.69. The number of methoxy groups -OCH3 is 1. The summed E-state index contributed by atoms with van der Waals surface area (Å²) in [6.45, 7) is 1.67. The fourth-order valence-electron chi connectivity index (χ4n) is 3.00. The van der Waals surface area contributed by atoms with Gasteiger partial charge in [-0.3, -0.25) is 4.79 Å². The number of anilines is 1.